The number of nitrogens with one attached hydrogen (secondary N) is 2. The van der Waals surface area contributed by atoms with E-state index in [1.165, 1.54) is 40.3 Å². The summed E-state index contributed by atoms with van der Waals surface area (Å²) in [5.41, 5.74) is 4.81. The Balaban J connectivity index is 1.70. The number of aromatic amines is 1. The van der Waals surface area contributed by atoms with E-state index in [1.54, 1.807) is 7.11 Å². The van der Waals surface area contributed by atoms with Crippen molar-refractivity contribution in [3.05, 3.63) is 59.3 Å². The molecule has 0 radical (unpaired) electrons. The minimum absolute atomic E-state index is 0.293. The molecule has 30 heavy (non-hydrogen) atoms. The van der Waals surface area contributed by atoms with Crippen molar-refractivity contribution in [1.29, 1.82) is 4.78 Å². The second kappa shape index (κ2) is 8.08. The highest BCUT2D eigenvalue weighted by atomic mass is 32.2. The van der Waals surface area contributed by atoms with E-state index in [0.29, 0.717) is 16.9 Å². The van der Waals surface area contributed by atoms with Crippen LogP contribution >= 0.6 is 0 Å². The molecule has 1 aliphatic rings. The lowest BCUT2D eigenvalue weighted by Crippen LogP contribution is -2.36. The third-order valence-electron chi connectivity index (χ3n) is 6.38. The SMILES string of the molecule is COc1cc(C)c2[nH]ccc2c1CN1CCC(C)CC1c1ccc(S(C)(=N)=O)cc1. The fraction of sp³-hybridized carbons (Fsp3) is 0.417. The molecule has 0 spiro atoms. The zero-order valence-corrected chi connectivity index (χ0v) is 19.0. The van der Waals surface area contributed by atoms with Gasteiger partial charge in [-0.05, 0) is 67.6 Å². The van der Waals surface area contributed by atoms with Gasteiger partial charge in [0.1, 0.15) is 5.75 Å². The molecule has 4 rings (SSSR count). The molecule has 3 aromatic rings. The number of likely N-dealkylation sites (tertiary alicyclic amines) is 1. The first-order chi connectivity index (χ1) is 14.3. The zero-order chi connectivity index (χ0) is 21.5. The van der Waals surface area contributed by atoms with E-state index in [4.69, 9.17) is 9.52 Å². The van der Waals surface area contributed by atoms with Crippen molar-refractivity contribution in [1.82, 2.24) is 9.88 Å². The van der Waals surface area contributed by atoms with Crippen molar-refractivity contribution in [2.45, 2.75) is 44.2 Å². The van der Waals surface area contributed by atoms with Crippen LogP contribution in [-0.4, -0.2) is 34.0 Å². The van der Waals surface area contributed by atoms with Crippen LogP contribution in [0.25, 0.3) is 10.9 Å². The van der Waals surface area contributed by atoms with E-state index in [1.807, 2.05) is 18.3 Å². The molecule has 1 saturated heterocycles. The molecule has 1 fully saturated rings. The van der Waals surface area contributed by atoms with Gasteiger partial charge in [0.15, 0.2) is 0 Å². The lowest BCUT2D eigenvalue weighted by molar-refractivity contribution is 0.110. The average Bonchev–Trinajstić information content (AvgIpc) is 3.21. The Morgan fingerprint density at radius 1 is 1.27 bits per heavy atom. The number of aromatic nitrogens is 1. The largest absolute Gasteiger partial charge is 0.496 e. The third-order valence-corrected chi connectivity index (χ3v) is 7.55. The molecular formula is C24H31N3O2S. The van der Waals surface area contributed by atoms with Gasteiger partial charge >= 0.3 is 0 Å². The van der Waals surface area contributed by atoms with Gasteiger partial charge in [-0.2, -0.15) is 0 Å². The Hall–Kier alpha value is -2.31. The second-order valence-electron chi connectivity index (χ2n) is 8.67. The number of ether oxygens (including phenoxy) is 1. The second-order valence-corrected chi connectivity index (χ2v) is 10.8. The summed E-state index contributed by atoms with van der Waals surface area (Å²) in [5, 5.41) is 1.22. The summed E-state index contributed by atoms with van der Waals surface area (Å²) in [4.78, 5) is 6.50. The van der Waals surface area contributed by atoms with Crippen LogP contribution in [0.4, 0.5) is 0 Å². The Bertz CT molecular complexity index is 1150. The van der Waals surface area contributed by atoms with Crippen molar-refractivity contribution < 1.29 is 8.95 Å². The molecule has 0 saturated carbocycles. The summed E-state index contributed by atoms with van der Waals surface area (Å²) >= 11 is 0. The standard InChI is InChI=1S/C24H31N3O2S/c1-16-10-12-27(22(13-16)18-5-7-19(8-6-18)30(4,25)28)15-21-20-9-11-26-24(20)17(2)14-23(21)29-3/h5-9,11,14,16,22,25-26H,10,12-13,15H2,1-4H3. The highest BCUT2D eigenvalue weighted by Gasteiger charge is 2.29. The van der Waals surface area contributed by atoms with Gasteiger partial charge in [-0.15, -0.1) is 0 Å². The number of rotatable bonds is 5. The van der Waals surface area contributed by atoms with Crippen LogP contribution in [0.5, 0.6) is 5.75 Å². The van der Waals surface area contributed by atoms with Crippen LogP contribution < -0.4 is 4.74 Å². The molecule has 5 nitrogen and oxygen atoms in total. The quantitative estimate of drug-likeness (QED) is 0.568. The van der Waals surface area contributed by atoms with Gasteiger partial charge in [0.2, 0.25) is 0 Å². The van der Waals surface area contributed by atoms with Gasteiger partial charge in [-0.1, -0.05) is 19.1 Å². The minimum Gasteiger partial charge on any atom is -0.496 e. The summed E-state index contributed by atoms with van der Waals surface area (Å²) in [6.45, 7) is 6.27. The maximum atomic E-state index is 12.1. The van der Waals surface area contributed by atoms with Crippen LogP contribution in [0.1, 0.15) is 42.5 Å². The lowest BCUT2D eigenvalue weighted by atomic mass is 9.87. The van der Waals surface area contributed by atoms with Crippen molar-refractivity contribution in [3.63, 3.8) is 0 Å². The molecule has 2 heterocycles. The predicted molar refractivity (Wildman–Crippen MR) is 123 cm³/mol. The molecule has 160 valence electrons. The smallest absolute Gasteiger partial charge is 0.124 e. The summed E-state index contributed by atoms with van der Waals surface area (Å²) < 4.78 is 25.7. The fourth-order valence-corrected chi connectivity index (χ4v) is 5.32. The van der Waals surface area contributed by atoms with Crippen LogP contribution in [0.3, 0.4) is 0 Å². The van der Waals surface area contributed by atoms with E-state index >= 15 is 0 Å². The first-order valence-electron chi connectivity index (χ1n) is 10.5. The van der Waals surface area contributed by atoms with Gasteiger partial charge in [0.25, 0.3) is 0 Å². The fourth-order valence-electron chi connectivity index (χ4n) is 4.66. The average molecular weight is 426 g/mol. The van der Waals surface area contributed by atoms with Crippen molar-refractivity contribution in [2.75, 3.05) is 19.9 Å². The first kappa shape index (κ1) is 20.9. The summed E-state index contributed by atoms with van der Waals surface area (Å²) in [6, 6.07) is 12.4. The molecular weight excluding hydrogens is 394 g/mol. The molecule has 2 N–H and O–H groups in total. The summed E-state index contributed by atoms with van der Waals surface area (Å²) in [6.07, 6.45) is 5.74. The molecule has 6 heteroatoms. The Kier molecular flexibility index (Phi) is 5.64. The van der Waals surface area contributed by atoms with Gasteiger partial charge in [0, 0.05) is 46.4 Å². The monoisotopic (exact) mass is 425 g/mol. The molecule has 1 aromatic heterocycles. The maximum Gasteiger partial charge on any atom is 0.124 e. The van der Waals surface area contributed by atoms with Crippen LogP contribution in [-0.2, 0) is 16.3 Å². The van der Waals surface area contributed by atoms with E-state index in [0.717, 1.165) is 25.3 Å². The number of methoxy groups -OCH3 is 1. The van der Waals surface area contributed by atoms with E-state index in [-0.39, 0.29) is 0 Å². The highest BCUT2D eigenvalue weighted by molar-refractivity contribution is 7.91. The summed E-state index contributed by atoms with van der Waals surface area (Å²) in [5.74, 6) is 1.59. The minimum atomic E-state index is -2.69. The number of benzene rings is 2. The topological polar surface area (TPSA) is 69.2 Å². The van der Waals surface area contributed by atoms with Gasteiger partial charge < -0.3 is 9.72 Å². The number of fused-ring (bicyclic) bond motifs is 1. The van der Waals surface area contributed by atoms with E-state index < -0.39 is 9.73 Å². The van der Waals surface area contributed by atoms with Gasteiger partial charge in [0.05, 0.1) is 16.8 Å². The molecule has 1 aliphatic heterocycles. The van der Waals surface area contributed by atoms with Crippen LogP contribution in [0, 0.1) is 17.6 Å². The number of aryl methyl sites for hydroxylation is 1. The Morgan fingerprint density at radius 2 is 2.00 bits per heavy atom. The number of hydrogen-bond acceptors (Lipinski definition) is 4. The Morgan fingerprint density at radius 3 is 2.67 bits per heavy atom. The highest BCUT2D eigenvalue weighted by Crippen LogP contribution is 2.38. The summed E-state index contributed by atoms with van der Waals surface area (Å²) in [7, 11) is -0.943. The number of hydrogen-bond donors (Lipinski definition) is 2. The molecule has 0 aliphatic carbocycles. The maximum absolute atomic E-state index is 12.1. The third kappa shape index (κ3) is 3.98. The number of nitrogens with zero attached hydrogens (tertiary/aromatic N) is 1. The van der Waals surface area contributed by atoms with E-state index in [2.05, 4.69) is 48.0 Å². The van der Waals surface area contributed by atoms with Crippen molar-refractivity contribution in [3.8, 4) is 5.75 Å². The number of piperidine rings is 1. The van der Waals surface area contributed by atoms with Crippen molar-refractivity contribution in [2.24, 2.45) is 5.92 Å². The van der Waals surface area contributed by atoms with Gasteiger partial charge in [-0.3, -0.25) is 4.90 Å². The van der Waals surface area contributed by atoms with E-state index in [9.17, 15) is 4.21 Å². The zero-order valence-electron chi connectivity index (χ0n) is 18.2. The van der Waals surface area contributed by atoms with Crippen LogP contribution in [0.2, 0.25) is 0 Å². The lowest BCUT2D eigenvalue weighted by Gasteiger charge is -2.39. The predicted octanol–water partition coefficient (Wildman–Crippen LogP) is 5.49. The molecule has 2 aromatic carbocycles. The van der Waals surface area contributed by atoms with Gasteiger partial charge in [-0.25, -0.2) is 8.99 Å². The molecule has 0 bridgehead atoms. The normalized spacial score (nSPS) is 22.1. The number of H-pyrrole nitrogens is 1. The van der Waals surface area contributed by atoms with Crippen LogP contribution in [0.15, 0.2) is 47.5 Å². The Labute approximate surface area is 179 Å². The molecule has 3 unspecified atom stereocenters. The first-order valence-corrected chi connectivity index (χ1v) is 12.5. The molecule has 3 atom stereocenters. The molecule has 0 amide bonds. The van der Waals surface area contributed by atoms with Crippen molar-refractivity contribution >= 4 is 20.6 Å².